The zero-order valence-electron chi connectivity index (χ0n) is 17.9. The number of piperidine rings is 1. The maximum atomic E-state index is 12.5. The average Bonchev–Trinajstić information content (AvgIpc) is 3.27. The molecular weight excluding hydrogens is 427 g/mol. The van der Waals surface area contributed by atoms with E-state index in [1.165, 1.54) is 5.56 Å². The van der Waals surface area contributed by atoms with Gasteiger partial charge in [-0.05, 0) is 30.5 Å². The minimum absolute atomic E-state index is 0.0687. The second-order valence-electron chi connectivity index (χ2n) is 8.16. The second-order valence-corrected chi connectivity index (χ2v) is 8.16. The monoisotopic (exact) mass is 453 g/mol. The summed E-state index contributed by atoms with van der Waals surface area (Å²) in [6, 6.07) is 6.07. The highest BCUT2D eigenvalue weighted by molar-refractivity contribution is 5.81. The van der Waals surface area contributed by atoms with Gasteiger partial charge in [0.15, 0.2) is 0 Å². The number of likely N-dealkylation sites (tertiary alicyclic amines) is 2. The first-order chi connectivity index (χ1) is 15.0. The largest absolute Gasteiger partial charge is 0.490 e. The van der Waals surface area contributed by atoms with E-state index >= 15 is 0 Å². The Kier molecular flexibility index (Phi) is 6.87. The molecular formula is C21H26F3N5O3. The highest BCUT2D eigenvalue weighted by Crippen LogP contribution is 2.48. The lowest BCUT2D eigenvalue weighted by atomic mass is 9.74. The van der Waals surface area contributed by atoms with Gasteiger partial charge in [0.2, 0.25) is 5.91 Å². The van der Waals surface area contributed by atoms with Gasteiger partial charge in [0.1, 0.15) is 0 Å². The van der Waals surface area contributed by atoms with Crippen LogP contribution in [0.25, 0.3) is 0 Å². The molecule has 8 nitrogen and oxygen atoms in total. The molecule has 2 saturated heterocycles. The number of carboxylic acid groups (broad SMARTS) is 1. The highest BCUT2D eigenvalue weighted by atomic mass is 19.4. The van der Waals surface area contributed by atoms with Crippen molar-refractivity contribution in [3.05, 3.63) is 48.0 Å². The van der Waals surface area contributed by atoms with Crippen molar-refractivity contribution in [2.45, 2.75) is 43.4 Å². The van der Waals surface area contributed by atoms with Crippen LogP contribution in [0.4, 0.5) is 13.2 Å². The maximum Gasteiger partial charge on any atom is 0.490 e. The number of amides is 1. The van der Waals surface area contributed by atoms with E-state index in [4.69, 9.17) is 9.90 Å². The number of halogens is 3. The van der Waals surface area contributed by atoms with Gasteiger partial charge in [-0.1, -0.05) is 6.07 Å². The number of hydrogen-bond acceptors (Lipinski definition) is 5. The second kappa shape index (κ2) is 9.27. The van der Waals surface area contributed by atoms with Crippen molar-refractivity contribution in [3.63, 3.8) is 0 Å². The number of nitrogens with zero attached hydrogens (tertiary/aromatic N) is 5. The third kappa shape index (κ3) is 5.09. The van der Waals surface area contributed by atoms with Crippen LogP contribution < -0.4 is 0 Å². The Balaban J connectivity index is 0.000000360. The fourth-order valence-electron chi connectivity index (χ4n) is 4.53. The number of aromatic nitrogens is 3. The predicted molar refractivity (Wildman–Crippen MR) is 109 cm³/mol. The molecule has 0 aromatic carbocycles. The van der Waals surface area contributed by atoms with E-state index in [-0.39, 0.29) is 17.4 Å². The Morgan fingerprint density at radius 1 is 1.25 bits per heavy atom. The van der Waals surface area contributed by atoms with Crippen LogP contribution in [-0.4, -0.2) is 73.4 Å². The summed E-state index contributed by atoms with van der Waals surface area (Å²) in [6.07, 6.45) is 3.37. The van der Waals surface area contributed by atoms with Crippen LogP contribution in [0.3, 0.4) is 0 Å². The lowest BCUT2D eigenvalue weighted by Gasteiger charge is -2.46. The van der Waals surface area contributed by atoms with E-state index in [0.717, 1.165) is 38.2 Å². The highest BCUT2D eigenvalue weighted by Gasteiger charge is 2.52. The van der Waals surface area contributed by atoms with Crippen molar-refractivity contribution in [3.8, 4) is 0 Å². The fourth-order valence-corrected chi connectivity index (χ4v) is 4.53. The lowest BCUT2D eigenvalue weighted by Crippen LogP contribution is -2.53. The molecule has 1 unspecified atom stereocenters. The van der Waals surface area contributed by atoms with E-state index < -0.39 is 12.1 Å². The van der Waals surface area contributed by atoms with Crippen molar-refractivity contribution in [2.24, 2.45) is 7.05 Å². The molecule has 2 aromatic heterocycles. The summed E-state index contributed by atoms with van der Waals surface area (Å²) in [4.78, 5) is 30.3. The topological polar surface area (TPSA) is 91.6 Å². The lowest BCUT2D eigenvalue weighted by molar-refractivity contribution is -0.192. The van der Waals surface area contributed by atoms with E-state index in [1.807, 2.05) is 48.2 Å². The van der Waals surface area contributed by atoms with Gasteiger partial charge in [0.25, 0.3) is 0 Å². The fraction of sp³-hybridized carbons (Fsp3) is 0.524. The molecule has 1 amide bonds. The SMILES string of the molecule is CN1C(=O)CC(c2cnn(C)c2)C12CCN(Cc1ccccn1)CC2.O=C(O)C(F)(F)F. The van der Waals surface area contributed by atoms with Crippen LogP contribution in [0.2, 0.25) is 0 Å². The molecule has 0 saturated carbocycles. The number of aryl methyl sites for hydroxylation is 1. The van der Waals surface area contributed by atoms with E-state index in [2.05, 4.69) is 27.2 Å². The number of rotatable bonds is 3. The molecule has 0 bridgehead atoms. The molecule has 0 aliphatic carbocycles. The summed E-state index contributed by atoms with van der Waals surface area (Å²) < 4.78 is 33.6. The van der Waals surface area contributed by atoms with Crippen LogP contribution in [0.5, 0.6) is 0 Å². The van der Waals surface area contributed by atoms with Crippen molar-refractivity contribution < 1.29 is 27.9 Å². The number of carbonyl (C=O) groups is 2. The first-order valence-corrected chi connectivity index (χ1v) is 10.2. The third-order valence-electron chi connectivity index (χ3n) is 6.27. The van der Waals surface area contributed by atoms with Crippen LogP contribution in [0.15, 0.2) is 36.8 Å². The minimum Gasteiger partial charge on any atom is -0.475 e. The van der Waals surface area contributed by atoms with Gasteiger partial charge < -0.3 is 10.0 Å². The summed E-state index contributed by atoms with van der Waals surface area (Å²) in [5.74, 6) is -2.25. The minimum atomic E-state index is -5.08. The number of carboxylic acids is 1. The van der Waals surface area contributed by atoms with E-state index in [1.54, 1.807) is 0 Å². The summed E-state index contributed by atoms with van der Waals surface area (Å²) in [5.41, 5.74) is 2.23. The standard InChI is InChI=1S/C19H25N5O.C2HF3O2/c1-22-13-15(12-21-22)17-11-18(25)23(2)19(17)6-9-24(10-7-19)14-16-5-3-4-8-20-16;3-2(4,5)1(6)7/h3-5,8,12-13,17H,6-7,9-11,14H2,1-2H3;(H,6,7). The number of carbonyl (C=O) groups excluding carboxylic acids is 1. The molecule has 2 aliphatic heterocycles. The molecule has 2 aliphatic rings. The number of aliphatic carboxylic acids is 1. The molecule has 0 radical (unpaired) electrons. The van der Waals surface area contributed by atoms with Crippen molar-refractivity contribution in [1.82, 2.24) is 24.6 Å². The van der Waals surface area contributed by atoms with Crippen molar-refractivity contribution in [2.75, 3.05) is 20.1 Å². The quantitative estimate of drug-likeness (QED) is 0.768. The van der Waals surface area contributed by atoms with Gasteiger partial charge in [-0.15, -0.1) is 0 Å². The predicted octanol–water partition coefficient (Wildman–Crippen LogP) is 2.43. The molecule has 4 heterocycles. The third-order valence-corrected chi connectivity index (χ3v) is 6.27. The van der Waals surface area contributed by atoms with Crippen LogP contribution in [0.1, 0.15) is 36.4 Å². The zero-order chi connectivity index (χ0) is 23.5. The first-order valence-electron chi connectivity index (χ1n) is 10.2. The number of likely N-dealkylation sites (N-methyl/N-ethyl adjacent to an activating group) is 1. The molecule has 174 valence electrons. The molecule has 1 N–H and O–H groups in total. The van der Waals surface area contributed by atoms with Gasteiger partial charge in [-0.3, -0.25) is 19.4 Å². The summed E-state index contributed by atoms with van der Waals surface area (Å²) in [7, 11) is 3.92. The molecule has 11 heteroatoms. The maximum absolute atomic E-state index is 12.5. The molecule has 32 heavy (non-hydrogen) atoms. The molecule has 2 aromatic rings. The Bertz CT molecular complexity index is 940. The van der Waals surface area contributed by atoms with E-state index in [0.29, 0.717) is 6.42 Å². The average molecular weight is 453 g/mol. The number of alkyl halides is 3. The zero-order valence-corrected chi connectivity index (χ0v) is 17.9. The van der Waals surface area contributed by atoms with Crippen LogP contribution in [0, 0.1) is 0 Å². The van der Waals surface area contributed by atoms with Gasteiger partial charge >= 0.3 is 12.1 Å². The summed E-state index contributed by atoms with van der Waals surface area (Å²) in [6.45, 7) is 2.86. The Morgan fingerprint density at radius 3 is 2.41 bits per heavy atom. The van der Waals surface area contributed by atoms with Crippen molar-refractivity contribution in [1.29, 1.82) is 0 Å². The van der Waals surface area contributed by atoms with E-state index in [9.17, 15) is 18.0 Å². The first kappa shape index (κ1) is 23.7. The normalized spacial score (nSPS) is 20.8. The molecule has 1 spiro atoms. The van der Waals surface area contributed by atoms with Gasteiger partial charge in [0, 0.05) is 58.5 Å². The summed E-state index contributed by atoms with van der Waals surface area (Å²) >= 11 is 0. The Hall–Kier alpha value is -2.95. The van der Waals surface area contributed by atoms with Gasteiger partial charge in [0.05, 0.1) is 17.4 Å². The Morgan fingerprint density at radius 2 is 1.91 bits per heavy atom. The smallest absolute Gasteiger partial charge is 0.475 e. The van der Waals surface area contributed by atoms with Gasteiger partial charge in [-0.2, -0.15) is 18.3 Å². The summed E-state index contributed by atoms with van der Waals surface area (Å²) in [5, 5.41) is 11.5. The van der Waals surface area contributed by atoms with Crippen molar-refractivity contribution >= 4 is 11.9 Å². The van der Waals surface area contributed by atoms with Crippen LogP contribution >= 0.6 is 0 Å². The van der Waals surface area contributed by atoms with Gasteiger partial charge in [-0.25, -0.2) is 4.79 Å². The van der Waals surface area contributed by atoms with Crippen LogP contribution in [-0.2, 0) is 23.2 Å². The molecule has 4 rings (SSSR count). The number of hydrogen-bond donors (Lipinski definition) is 1. The Labute approximate surface area is 183 Å². The molecule has 2 fully saturated rings. The number of pyridine rings is 1. The molecule has 1 atom stereocenters.